The van der Waals surface area contributed by atoms with Gasteiger partial charge in [0, 0.05) is 11.0 Å². The van der Waals surface area contributed by atoms with E-state index in [9.17, 15) is 0 Å². The molecule has 4 nitrogen and oxygen atoms in total. The molecule has 0 amide bonds. The van der Waals surface area contributed by atoms with Gasteiger partial charge in [0.2, 0.25) is 0 Å². The third-order valence-electron chi connectivity index (χ3n) is 3.24. The number of halogens is 1. The highest BCUT2D eigenvalue weighted by molar-refractivity contribution is 9.10. The molecule has 0 saturated carbocycles. The van der Waals surface area contributed by atoms with Gasteiger partial charge in [-0.1, -0.05) is 45.4 Å². The maximum atomic E-state index is 4.22. The fourth-order valence-electron chi connectivity index (χ4n) is 2.23. The zero-order valence-corrected chi connectivity index (χ0v) is 12.8. The molecule has 0 atom stereocenters. The van der Waals surface area contributed by atoms with Crippen LogP contribution in [0.3, 0.4) is 0 Å². The molecular weight excluding hydrogens is 316 g/mol. The number of aromatic nitrogens is 3. The SMILES string of the molecule is CNCc1ccc(Cn2nnc3ccccc32)c(Br)c1. The predicted octanol–water partition coefficient (Wildman–Crippen LogP) is 2.96. The summed E-state index contributed by atoms with van der Waals surface area (Å²) in [7, 11) is 1.95. The number of nitrogens with zero attached hydrogens (tertiary/aromatic N) is 3. The average Bonchev–Trinajstić information content (AvgIpc) is 2.86. The van der Waals surface area contributed by atoms with Crippen LogP contribution in [0, 0.1) is 0 Å². The van der Waals surface area contributed by atoms with Crippen molar-refractivity contribution in [3.63, 3.8) is 0 Å². The van der Waals surface area contributed by atoms with Crippen molar-refractivity contribution in [3.8, 4) is 0 Å². The molecule has 5 heteroatoms. The van der Waals surface area contributed by atoms with Crippen LogP contribution >= 0.6 is 15.9 Å². The molecule has 1 heterocycles. The van der Waals surface area contributed by atoms with Crippen molar-refractivity contribution in [2.75, 3.05) is 7.05 Å². The van der Waals surface area contributed by atoms with E-state index < -0.39 is 0 Å². The first-order valence-electron chi connectivity index (χ1n) is 6.48. The lowest BCUT2D eigenvalue weighted by Gasteiger charge is -2.08. The van der Waals surface area contributed by atoms with Gasteiger partial charge in [0.05, 0.1) is 12.1 Å². The second kappa shape index (κ2) is 5.73. The van der Waals surface area contributed by atoms with Crippen molar-refractivity contribution in [2.45, 2.75) is 13.1 Å². The van der Waals surface area contributed by atoms with Crippen LogP contribution in [0.4, 0.5) is 0 Å². The van der Waals surface area contributed by atoms with E-state index >= 15 is 0 Å². The number of rotatable bonds is 4. The summed E-state index contributed by atoms with van der Waals surface area (Å²) in [5, 5.41) is 11.6. The van der Waals surface area contributed by atoms with Crippen molar-refractivity contribution in [3.05, 3.63) is 58.1 Å². The molecule has 20 heavy (non-hydrogen) atoms. The molecular formula is C15H15BrN4. The Labute approximate surface area is 125 Å². The van der Waals surface area contributed by atoms with Crippen LogP contribution < -0.4 is 5.32 Å². The minimum atomic E-state index is 0.709. The lowest BCUT2D eigenvalue weighted by molar-refractivity contribution is 0.667. The molecule has 0 aliphatic heterocycles. The Bertz CT molecular complexity index is 736. The summed E-state index contributed by atoms with van der Waals surface area (Å²) in [5.41, 5.74) is 4.43. The first-order valence-corrected chi connectivity index (χ1v) is 7.27. The molecule has 0 unspecified atom stereocenters. The van der Waals surface area contributed by atoms with Crippen LogP contribution in [0.1, 0.15) is 11.1 Å². The molecule has 0 saturated heterocycles. The molecule has 3 aromatic rings. The first-order chi connectivity index (χ1) is 9.78. The number of hydrogen-bond donors (Lipinski definition) is 1. The van der Waals surface area contributed by atoms with E-state index in [1.807, 2.05) is 36.0 Å². The van der Waals surface area contributed by atoms with Gasteiger partial charge in [0.25, 0.3) is 0 Å². The normalized spacial score (nSPS) is 11.1. The Morgan fingerprint density at radius 3 is 2.85 bits per heavy atom. The minimum absolute atomic E-state index is 0.709. The molecule has 0 aliphatic rings. The van der Waals surface area contributed by atoms with Crippen LogP contribution in [0.5, 0.6) is 0 Å². The number of nitrogens with one attached hydrogen (secondary N) is 1. The van der Waals surface area contributed by atoms with E-state index in [2.05, 4.69) is 49.8 Å². The molecule has 2 aromatic carbocycles. The molecule has 0 spiro atoms. The fourth-order valence-corrected chi connectivity index (χ4v) is 2.78. The second-order valence-corrected chi connectivity index (χ2v) is 5.55. The number of hydrogen-bond acceptors (Lipinski definition) is 3. The number of fused-ring (bicyclic) bond motifs is 1. The van der Waals surface area contributed by atoms with E-state index in [0.29, 0.717) is 6.54 Å². The Balaban J connectivity index is 1.91. The quantitative estimate of drug-likeness (QED) is 0.799. The van der Waals surface area contributed by atoms with Crippen LogP contribution in [-0.4, -0.2) is 22.0 Å². The predicted molar refractivity (Wildman–Crippen MR) is 83.5 cm³/mol. The van der Waals surface area contributed by atoms with Gasteiger partial charge in [0.15, 0.2) is 0 Å². The number of benzene rings is 2. The van der Waals surface area contributed by atoms with Gasteiger partial charge in [-0.3, -0.25) is 0 Å². The van der Waals surface area contributed by atoms with Crippen molar-refractivity contribution in [2.24, 2.45) is 0 Å². The molecule has 1 N–H and O–H groups in total. The van der Waals surface area contributed by atoms with E-state index in [0.717, 1.165) is 22.1 Å². The Morgan fingerprint density at radius 1 is 1.20 bits per heavy atom. The van der Waals surface area contributed by atoms with Gasteiger partial charge in [0.1, 0.15) is 5.52 Å². The lowest BCUT2D eigenvalue weighted by Crippen LogP contribution is -2.06. The van der Waals surface area contributed by atoms with Gasteiger partial charge < -0.3 is 5.32 Å². The van der Waals surface area contributed by atoms with Crippen LogP contribution in [0.2, 0.25) is 0 Å². The molecule has 102 valence electrons. The largest absolute Gasteiger partial charge is 0.316 e. The molecule has 0 radical (unpaired) electrons. The summed E-state index contributed by atoms with van der Waals surface area (Å²) in [6.07, 6.45) is 0. The molecule has 1 aromatic heterocycles. The highest BCUT2D eigenvalue weighted by Gasteiger charge is 2.07. The molecule has 0 bridgehead atoms. The van der Waals surface area contributed by atoms with E-state index in [1.54, 1.807) is 0 Å². The Kier molecular flexibility index (Phi) is 3.80. The highest BCUT2D eigenvalue weighted by Crippen LogP contribution is 2.21. The standard InChI is InChI=1S/C15H15BrN4/c1-17-9-11-6-7-12(13(16)8-11)10-20-15-5-3-2-4-14(15)18-19-20/h2-8,17H,9-10H2,1H3. The molecule has 3 rings (SSSR count). The van der Waals surface area contributed by atoms with Gasteiger partial charge >= 0.3 is 0 Å². The van der Waals surface area contributed by atoms with Crippen molar-refractivity contribution in [1.29, 1.82) is 0 Å². The van der Waals surface area contributed by atoms with Gasteiger partial charge in [-0.15, -0.1) is 5.10 Å². The smallest absolute Gasteiger partial charge is 0.113 e. The van der Waals surface area contributed by atoms with Gasteiger partial charge in [-0.05, 0) is 36.4 Å². The summed E-state index contributed by atoms with van der Waals surface area (Å²) >= 11 is 3.64. The van der Waals surface area contributed by atoms with Crippen LogP contribution in [0.15, 0.2) is 46.9 Å². The topological polar surface area (TPSA) is 42.7 Å². The van der Waals surface area contributed by atoms with Crippen molar-refractivity contribution < 1.29 is 0 Å². The summed E-state index contributed by atoms with van der Waals surface area (Å²) in [6.45, 7) is 1.58. The third-order valence-corrected chi connectivity index (χ3v) is 3.98. The maximum Gasteiger partial charge on any atom is 0.113 e. The van der Waals surface area contributed by atoms with Crippen molar-refractivity contribution >= 4 is 27.0 Å². The van der Waals surface area contributed by atoms with E-state index in [1.165, 1.54) is 11.1 Å². The monoisotopic (exact) mass is 330 g/mol. The highest BCUT2D eigenvalue weighted by atomic mass is 79.9. The first kappa shape index (κ1) is 13.3. The molecule has 0 fully saturated rings. The fraction of sp³-hybridized carbons (Fsp3) is 0.200. The minimum Gasteiger partial charge on any atom is -0.316 e. The Hall–Kier alpha value is -1.72. The molecule has 0 aliphatic carbocycles. The van der Waals surface area contributed by atoms with E-state index in [-0.39, 0.29) is 0 Å². The summed E-state index contributed by atoms with van der Waals surface area (Å²) in [6, 6.07) is 14.4. The summed E-state index contributed by atoms with van der Waals surface area (Å²) < 4.78 is 3.03. The maximum absolute atomic E-state index is 4.22. The van der Waals surface area contributed by atoms with Gasteiger partial charge in [-0.2, -0.15) is 0 Å². The average molecular weight is 331 g/mol. The second-order valence-electron chi connectivity index (χ2n) is 4.69. The van der Waals surface area contributed by atoms with E-state index in [4.69, 9.17) is 0 Å². The Morgan fingerprint density at radius 2 is 2.05 bits per heavy atom. The zero-order chi connectivity index (χ0) is 13.9. The summed E-state index contributed by atoms with van der Waals surface area (Å²) in [4.78, 5) is 0. The van der Waals surface area contributed by atoms with Crippen molar-refractivity contribution in [1.82, 2.24) is 20.3 Å². The lowest BCUT2D eigenvalue weighted by atomic mass is 10.1. The number of para-hydroxylation sites is 1. The summed E-state index contributed by atoms with van der Waals surface area (Å²) in [5.74, 6) is 0. The van der Waals surface area contributed by atoms with Gasteiger partial charge in [-0.25, -0.2) is 4.68 Å². The van der Waals surface area contributed by atoms with Crippen LogP contribution in [-0.2, 0) is 13.1 Å². The third kappa shape index (κ3) is 2.59. The van der Waals surface area contributed by atoms with Crippen LogP contribution in [0.25, 0.3) is 11.0 Å². The zero-order valence-electron chi connectivity index (χ0n) is 11.2.